The van der Waals surface area contributed by atoms with Crippen LogP contribution in [0.3, 0.4) is 0 Å². The summed E-state index contributed by atoms with van der Waals surface area (Å²) in [6, 6.07) is 3.96. The fraction of sp³-hybridized carbons (Fsp3) is 0.583. The van der Waals surface area contributed by atoms with Crippen LogP contribution in [0.4, 0.5) is 5.69 Å². The molecule has 0 bridgehead atoms. The third-order valence-electron chi connectivity index (χ3n) is 7.63. The van der Waals surface area contributed by atoms with Gasteiger partial charge in [0.05, 0.1) is 11.9 Å². The number of nitrogens with zero attached hydrogens (tertiary/aromatic N) is 3. The Morgan fingerprint density at radius 2 is 1.90 bits per heavy atom. The highest BCUT2D eigenvalue weighted by Gasteiger charge is 2.43. The molecule has 3 rings (SSSR count). The van der Waals surface area contributed by atoms with Gasteiger partial charge in [0.1, 0.15) is 6.54 Å². The maximum absolute atomic E-state index is 12.8. The summed E-state index contributed by atoms with van der Waals surface area (Å²) in [7, 11) is 0. The molecular formula is C24H35N5O2. The molecule has 0 radical (unpaired) electrons. The van der Waals surface area contributed by atoms with Gasteiger partial charge in [-0.1, -0.05) is 34.6 Å². The van der Waals surface area contributed by atoms with E-state index in [1.54, 1.807) is 25.5 Å². The molecule has 1 saturated carbocycles. The molecule has 1 amide bonds. The molecule has 2 aromatic heterocycles. The van der Waals surface area contributed by atoms with Gasteiger partial charge < -0.3 is 10.6 Å². The molecule has 2 heterocycles. The van der Waals surface area contributed by atoms with Gasteiger partial charge in [-0.15, -0.1) is 0 Å². The molecule has 31 heavy (non-hydrogen) atoms. The highest BCUT2D eigenvalue weighted by molar-refractivity contribution is 5.75. The first-order valence-electron chi connectivity index (χ1n) is 11.1. The van der Waals surface area contributed by atoms with E-state index in [4.69, 9.17) is 0 Å². The molecular weight excluding hydrogens is 390 g/mol. The van der Waals surface area contributed by atoms with Gasteiger partial charge in [-0.25, -0.2) is 4.68 Å². The normalized spacial score (nSPS) is 25.1. The van der Waals surface area contributed by atoms with Crippen LogP contribution in [-0.4, -0.2) is 26.7 Å². The highest BCUT2D eigenvalue weighted by Crippen LogP contribution is 2.48. The number of aromatic nitrogens is 3. The second-order valence-electron chi connectivity index (χ2n) is 9.63. The molecule has 0 spiro atoms. The lowest BCUT2D eigenvalue weighted by atomic mass is 9.58. The SMILES string of the molecule is Cc1c(N[C@@H]2C[C@H](C)C(C)(C)[C@H](C)[C@H]2C)cnn(CC(=O)NCc2ccncc2)c1=O. The molecule has 2 N–H and O–H groups in total. The van der Waals surface area contributed by atoms with Crippen molar-refractivity contribution < 1.29 is 4.79 Å². The Morgan fingerprint density at radius 3 is 2.58 bits per heavy atom. The van der Waals surface area contributed by atoms with E-state index in [-0.39, 0.29) is 29.5 Å². The topological polar surface area (TPSA) is 88.9 Å². The van der Waals surface area contributed by atoms with E-state index in [2.05, 4.69) is 55.3 Å². The summed E-state index contributed by atoms with van der Waals surface area (Å²) in [5.41, 5.74) is 2.35. The van der Waals surface area contributed by atoms with Crippen molar-refractivity contribution in [3.05, 3.63) is 52.2 Å². The molecule has 1 fully saturated rings. The standard InChI is InChI=1S/C24H35N5O2/c1-15-11-20(16(2)18(4)24(15,5)6)28-21-13-27-29(23(31)17(21)3)14-22(30)26-12-19-7-9-25-10-8-19/h7-10,13,15-16,18,20,28H,11-12,14H2,1-6H3,(H,26,30)/t15-,16+,18+,20+/m0/s1. The average molecular weight is 426 g/mol. The zero-order chi connectivity index (χ0) is 22.8. The lowest BCUT2D eigenvalue weighted by molar-refractivity contribution is -0.122. The van der Waals surface area contributed by atoms with E-state index >= 15 is 0 Å². The highest BCUT2D eigenvalue weighted by atomic mass is 16.2. The minimum absolute atomic E-state index is 0.104. The zero-order valence-electron chi connectivity index (χ0n) is 19.5. The first kappa shape index (κ1) is 23.0. The van der Waals surface area contributed by atoms with Crippen molar-refractivity contribution in [3.8, 4) is 0 Å². The second-order valence-corrected chi connectivity index (χ2v) is 9.63. The van der Waals surface area contributed by atoms with Gasteiger partial charge in [0, 0.05) is 30.5 Å². The van der Waals surface area contributed by atoms with Crippen molar-refractivity contribution >= 4 is 11.6 Å². The molecule has 0 saturated heterocycles. The number of amides is 1. The fourth-order valence-electron chi connectivity index (χ4n) is 4.50. The smallest absolute Gasteiger partial charge is 0.272 e. The molecule has 7 nitrogen and oxygen atoms in total. The molecule has 0 aromatic carbocycles. The van der Waals surface area contributed by atoms with Crippen molar-refractivity contribution in [3.63, 3.8) is 0 Å². The van der Waals surface area contributed by atoms with Crippen LogP contribution in [0.5, 0.6) is 0 Å². The number of rotatable bonds is 6. The lowest BCUT2D eigenvalue weighted by Gasteiger charge is -2.50. The Bertz CT molecular complexity index is 970. The lowest BCUT2D eigenvalue weighted by Crippen LogP contribution is -2.48. The maximum Gasteiger partial charge on any atom is 0.272 e. The molecule has 0 unspecified atom stereocenters. The molecule has 168 valence electrons. The summed E-state index contributed by atoms with van der Waals surface area (Å²) in [5, 5.41) is 10.7. The molecule has 2 aromatic rings. The number of hydrogen-bond donors (Lipinski definition) is 2. The monoisotopic (exact) mass is 425 g/mol. The fourth-order valence-corrected chi connectivity index (χ4v) is 4.50. The van der Waals surface area contributed by atoms with Crippen LogP contribution < -0.4 is 16.2 Å². The predicted octanol–water partition coefficient (Wildman–Crippen LogP) is 3.38. The predicted molar refractivity (Wildman–Crippen MR) is 123 cm³/mol. The van der Waals surface area contributed by atoms with Crippen molar-refractivity contribution in [1.82, 2.24) is 20.1 Å². The van der Waals surface area contributed by atoms with Crippen molar-refractivity contribution in [2.24, 2.45) is 23.2 Å². The Kier molecular flexibility index (Phi) is 6.82. The van der Waals surface area contributed by atoms with Gasteiger partial charge in [0.25, 0.3) is 5.56 Å². The quantitative estimate of drug-likeness (QED) is 0.741. The van der Waals surface area contributed by atoms with Crippen LogP contribution in [0.25, 0.3) is 0 Å². The van der Waals surface area contributed by atoms with Crippen LogP contribution in [0.15, 0.2) is 35.5 Å². The summed E-state index contributed by atoms with van der Waals surface area (Å²) < 4.78 is 1.22. The van der Waals surface area contributed by atoms with E-state index in [9.17, 15) is 9.59 Å². The first-order chi connectivity index (χ1) is 14.6. The van der Waals surface area contributed by atoms with Crippen LogP contribution >= 0.6 is 0 Å². The molecule has 7 heteroatoms. The molecule has 1 aliphatic carbocycles. The minimum Gasteiger partial charge on any atom is -0.380 e. The Morgan fingerprint density at radius 1 is 1.23 bits per heavy atom. The van der Waals surface area contributed by atoms with Gasteiger partial charge >= 0.3 is 0 Å². The van der Waals surface area contributed by atoms with E-state index < -0.39 is 0 Å². The summed E-state index contributed by atoms with van der Waals surface area (Å²) >= 11 is 0. The van der Waals surface area contributed by atoms with E-state index in [0.717, 1.165) is 17.7 Å². The van der Waals surface area contributed by atoms with Crippen molar-refractivity contribution in [1.29, 1.82) is 0 Å². The van der Waals surface area contributed by atoms with Gasteiger partial charge in [0.15, 0.2) is 0 Å². The second kappa shape index (κ2) is 9.20. The molecule has 0 aliphatic heterocycles. The number of carbonyl (C=O) groups is 1. The number of carbonyl (C=O) groups excluding carboxylic acids is 1. The number of hydrogen-bond acceptors (Lipinski definition) is 5. The maximum atomic E-state index is 12.8. The van der Waals surface area contributed by atoms with E-state index in [1.807, 2.05) is 12.1 Å². The average Bonchev–Trinajstić information content (AvgIpc) is 2.75. The summed E-state index contributed by atoms with van der Waals surface area (Å²) in [5.74, 6) is 1.37. The van der Waals surface area contributed by atoms with Crippen LogP contribution in [0.1, 0.15) is 52.2 Å². The van der Waals surface area contributed by atoms with E-state index in [1.165, 1.54) is 4.68 Å². The van der Waals surface area contributed by atoms with Gasteiger partial charge in [-0.3, -0.25) is 14.6 Å². The minimum atomic E-state index is -0.252. The molecule has 4 atom stereocenters. The Balaban J connectivity index is 1.66. The third kappa shape index (κ3) is 4.97. The largest absolute Gasteiger partial charge is 0.380 e. The Hall–Kier alpha value is -2.70. The first-order valence-corrected chi connectivity index (χ1v) is 11.1. The Labute approximate surface area is 184 Å². The van der Waals surface area contributed by atoms with Crippen molar-refractivity contribution in [2.45, 2.75) is 67.1 Å². The number of pyridine rings is 1. The third-order valence-corrected chi connectivity index (χ3v) is 7.63. The summed E-state index contributed by atoms with van der Waals surface area (Å²) in [6.07, 6.45) is 6.09. The van der Waals surface area contributed by atoms with Gasteiger partial charge in [-0.2, -0.15) is 5.10 Å². The van der Waals surface area contributed by atoms with Crippen molar-refractivity contribution in [2.75, 3.05) is 5.32 Å². The molecule has 1 aliphatic rings. The summed E-state index contributed by atoms with van der Waals surface area (Å²) in [6.45, 7) is 13.7. The number of anilines is 1. The number of nitrogens with one attached hydrogen (secondary N) is 2. The van der Waals surface area contributed by atoms with Gasteiger partial charge in [0.2, 0.25) is 5.91 Å². The van der Waals surface area contributed by atoms with Crippen LogP contribution in [0.2, 0.25) is 0 Å². The van der Waals surface area contributed by atoms with E-state index in [0.29, 0.717) is 29.9 Å². The van der Waals surface area contributed by atoms with Crippen LogP contribution in [-0.2, 0) is 17.9 Å². The van der Waals surface area contributed by atoms with Gasteiger partial charge in [-0.05, 0) is 54.2 Å². The van der Waals surface area contributed by atoms with Crippen LogP contribution in [0, 0.1) is 30.1 Å². The summed E-state index contributed by atoms with van der Waals surface area (Å²) in [4.78, 5) is 29.1. The zero-order valence-corrected chi connectivity index (χ0v) is 19.5.